The molecule has 3 rings (SSSR count). The molecule has 2 heterocycles. The van der Waals surface area contributed by atoms with E-state index < -0.39 is 10.8 Å². The Bertz CT molecular complexity index is 894. The number of nitro groups is 1. The molecule has 11 heteroatoms. The van der Waals surface area contributed by atoms with E-state index in [-0.39, 0.29) is 12.4 Å². The van der Waals surface area contributed by atoms with Gasteiger partial charge in [0.05, 0.1) is 55.2 Å². The Morgan fingerprint density at radius 2 is 1.93 bits per heavy atom. The molecule has 1 fully saturated rings. The van der Waals surface area contributed by atoms with Gasteiger partial charge in [-0.3, -0.25) is 4.79 Å². The average molecular weight is 419 g/mol. The average Bonchev–Trinajstić information content (AvgIpc) is 3.19. The largest absolute Gasteiger partial charge is 0.492 e. The number of amides is 1. The maximum atomic E-state index is 12.5. The van der Waals surface area contributed by atoms with E-state index in [1.165, 1.54) is 16.9 Å². The van der Waals surface area contributed by atoms with Gasteiger partial charge in [-0.1, -0.05) is 0 Å². The van der Waals surface area contributed by atoms with E-state index in [1.807, 2.05) is 19.9 Å². The fraction of sp³-hybridized carbons (Fsp3) is 0.474. The third-order valence-corrected chi connectivity index (χ3v) is 4.41. The van der Waals surface area contributed by atoms with Crippen molar-refractivity contribution in [1.29, 1.82) is 0 Å². The first-order valence-electron chi connectivity index (χ1n) is 9.75. The second kappa shape index (κ2) is 9.92. The van der Waals surface area contributed by atoms with E-state index in [9.17, 15) is 14.9 Å². The molecule has 11 nitrogen and oxygen atoms in total. The topological polar surface area (TPSA) is 121 Å². The minimum Gasteiger partial charge on any atom is -0.492 e. The Labute approximate surface area is 173 Å². The van der Waals surface area contributed by atoms with Crippen molar-refractivity contribution in [1.82, 2.24) is 9.78 Å². The summed E-state index contributed by atoms with van der Waals surface area (Å²) in [5.41, 5.74) is 1.34. The second-order valence-corrected chi connectivity index (χ2v) is 6.46. The van der Waals surface area contributed by atoms with Crippen molar-refractivity contribution in [2.45, 2.75) is 20.4 Å². The van der Waals surface area contributed by atoms with Gasteiger partial charge in [0.2, 0.25) is 5.91 Å². The second-order valence-electron chi connectivity index (χ2n) is 6.46. The number of benzene rings is 1. The Morgan fingerprint density at radius 1 is 1.23 bits per heavy atom. The highest BCUT2D eigenvalue weighted by atomic mass is 16.6. The van der Waals surface area contributed by atoms with Crippen molar-refractivity contribution < 1.29 is 23.9 Å². The summed E-state index contributed by atoms with van der Waals surface area (Å²) in [7, 11) is 0. The molecule has 0 spiro atoms. The molecule has 2 aromatic rings. The standard InChI is InChI=1S/C19H25N5O6/c1-3-29-16-12-15(22-7-9-28-10-8-22)17(30-4-2)11-14(16)20-19(25)13-23-6-5-18(21-23)24(26)27/h5-6,11-12H,3-4,7-10,13H2,1-2H3,(H,20,25). The van der Waals surface area contributed by atoms with Crippen molar-refractivity contribution >= 4 is 23.1 Å². The number of morpholine rings is 1. The van der Waals surface area contributed by atoms with Crippen molar-refractivity contribution in [3.63, 3.8) is 0 Å². The van der Waals surface area contributed by atoms with Gasteiger partial charge in [-0.15, -0.1) is 0 Å². The zero-order valence-electron chi connectivity index (χ0n) is 17.0. The minimum atomic E-state index is -0.611. The fourth-order valence-electron chi connectivity index (χ4n) is 3.12. The smallest absolute Gasteiger partial charge is 0.389 e. The van der Waals surface area contributed by atoms with Crippen LogP contribution in [0.5, 0.6) is 11.5 Å². The molecule has 0 unspecified atom stereocenters. The third kappa shape index (κ3) is 5.17. The number of nitrogens with one attached hydrogen (secondary N) is 1. The van der Waals surface area contributed by atoms with Crippen LogP contribution >= 0.6 is 0 Å². The highest BCUT2D eigenvalue weighted by Crippen LogP contribution is 2.39. The summed E-state index contributed by atoms with van der Waals surface area (Å²) in [5.74, 6) is 0.442. The summed E-state index contributed by atoms with van der Waals surface area (Å²) in [5, 5.41) is 17.3. The van der Waals surface area contributed by atoms with Crippen LogP contribution in [0.25, 0.3) is 0 Å². The maximum absolute atomic E-state index is 12.5. The van der Waals surface area contributed by atoms with Crippen molar-refractivity contribution in [3.05, 3.63) is 34.5 Å². The molecule has 162 valence electrons. The normalized spacial score (nSPS) is 13.7. The quantitative estimate of drug-likeness (QED) is 0.484. The molecular formula is C19H25N5O6. The molecular weight excluding hydrogens is 394 g/mol. The monoisotopic (exact) mass is 419 g/mol. The SMILES string of the molecule is CCOc1cc(N2CCOCC2)c(OCC)cc1NC(=O)Cn1ccc([N+](=O)[O-])n1. The molecule has 1 aliphatic rings. The molecule has 1 amide bonds. The van der Waals surface area contributed by atoms with Crippen LogP contribution in [0.4, 0.5) is 17.2 Å². The predicted octanol–water partition coefficient (Wildman–Crippen LogP) is 2.06. The van der Waals surface area contributed by atoms with Crippen LogP contribution in [-0.4, -0.2) is 60.1 Å². The minimum absolute atomic E-state index is 0.172. The summed E-state index contributed by atoms with van der Waals surface area (Å²) in [6.07, 6.45) is 1.38. The molecule has 1 aromatic carbocycles. The number of hydrogen-bond donors (Lipinski definition) is 1. The summed E-state index contributed by atoms with van der Waals surface area (Å²) < 4.78 is 18.2. The number of carbonyl (C=O) groups excluding carboxylic acids is 1. The lowest BCUT2D eigenvalue weighted by atomic mass is 10.2. The van der Waals surface area contributed by atoms with E-state index in [1.54, 1.807) is 6.07 Å². The van der Waals surface area contributed by atoms with Crippen molar-refractivity contribution in [2.24, 2.45) is 0 Å². The lowest BCUT2D eigenvalue weighted by molar-refractivity contribution is -0.389. The molecule has 0 bridgehead atoms. The summed E-state index contributed by atoms with van der Waals surface area (Å²) >= 11 is 0. The van der Waals surface area contributed by atoms with Gasteiger partial charge in [0.1, 0.15) is 18.0 Å². The molecule has 0 aliphatic carbocycles. The molecule has 0 radical (unpaired) electrons. The number of anilines is 2. The van der Waals surface area contributed by atoms with Crippen molar-refractivity contribution in [2.75, 3.05) is 49.7 Å². The van der Waals surface area contributed by atoms with E-state index in [2.05, 4.69) is 15.3 Å². The van der Waals surface area contributed by atoms with Gasteiger partial charge in [-0.05, 0) is 18.8 Å². The van der Waals surface area contributed by atoms with Gasteiger partial charge >= 0.3 is 5.82 Å². The van der Waals surface area contributed by atoms with Gasteiger partial charge in [-0.2, -0.15) is 4.68 Å². The summed E-state index contributed by atoms with van der Waals surface area (Å²) in [6, 6.07) is 4.83. The van der Waals surface area contributed by atoms with E-state index >= 15 is 0 Å². The molecule has 1 aliphatic heterocycles. The Morgan fingerprint density at radius 3 is 2.57 bits per heavy atom. The van der Waals surface area contributed by atoms with Crippen LogP contribution in [-0.2, 0) is 16.1 Å². The Kier molecular flexibility index (Phi) is 7.07. The number of aromatic nitrogens is 2. The first kappa shape index (κ1) is 21.4. The molecule has 1 aromatic heterocycles. The number of ether oxygens (including phenoxy) is 3. The van der Waals surface area contributed by atoms with Gasteiger partial charge in [0.25, 0.3) is 0 Å². The Balaban J connectivity index is 1.83. The third-order valence-electron chi connectivity index (χ3n) is 4.41. The molecule has 1 saturated heterocycles. The predicted molar refractivity (Wildman–Crippen MR) is 109 cm³/mol. The van der Waals surface area contributed by atoms with Crippen LogP contribution < -0.4 is 19.7 Å². The summed E-state index contributed by atoms with van der Waals surface area (Å²) in [4.78, 5) is 24.8. The van der Waals surface area contributed by atoms with Crippen LogP contribution in [0.3, 0.4) is 0 Å². The van der Waals surface area contributed by atoms with Gasteiger partial charge < -0.3 is 34.5 Å². The number of rotatable bonds is 9. The fourth-order valence-corrected chi connectivity index (χ4v) is 3.12. The lowest BCUT2D eigenvalue weighted by Gasteiger charge is -2.31. The maximum Gasteiger partial charge on any atom is 0.389 e. The zero-order chi connectivity index (χ0) is 21.5. The molecule has 1 N–H and O–H groups in total. The Hall–Kier alpha value is -3.34. The number of nitrogens with zero attached hydrogens (tertiary/aromatic N) is 4. The molecule has 30 heavy (non-hydrogen) atoms. The van der Waals surface area contributed by atoms with Crippen molar-refractivity contribution in [3.8, 4) is 11.5 Å². The highest BCUT2D eigenvalue weighted by Gasteiger charge is 2.21. The van der Waals surface area contributed by atoms with Crippen LogP contribution in [0, 0.1) is 10.1 Å². The zero-order valence-corrected chi connectivity index (χ0v) is 17.0. The van der Waals surface area contributed by atoms with Crippen LogP contribution in [0.1, 0.15) is 13.8 Å². The highest BCUT2D eigenvalue weighted by molar-refractivity contribution is 5.93. The van der Waals surface area contributed by atoms with Gasteiger partial charge in [0.15, 0.2) is 0 Å². The number of carbonyl (C=O) groups is 1. The van der Waals surface area contributed by atoms with Crippen LogP contribution in [0.15, 0.2) is 24.4 Å². The number of hydrogen-bond acceptors (Lipinski definition) is 8. The van der Waals surface area contributed by atoms with Gasteiger partial charge in [0, 0.05) is 25.2 Å². The molecule has 0 saturated carbocycles. The van der Waals surface area contributed by atoms with Crippen LogP contribution in [0.2, 0.25) is 0 Å². The molecule has 0 atom stereocenters. The summed E-state index contributed by atoms with van der Waals surface area (Å²) in [6.45, 7) is 7.19. The van der Waals surface area contributed by atoms with E-state index in [0.717, 1.165) is 18.8 Å². The van der Waals surface area contributed by atoms with Gasteiger partial charge in [-0.25, -0.2) is 0 Å². The first-order chi connectivity index (χ1) is 14.5. The first-order valence-corrected chi connectivity index (χ1v) is 9.75. The lowest BCUT2D eigenvalue weighted by Crippen LogP contribution is -2.36. The van der Waals surface area contributed by atoms with E-state index in [4.69, 9.17) is 14.2 Å². The van der Waals surface area contributed by atoms with E-state index in [0.29, 0.717) is 43.6 Å².